The van der Waals surface area contributed by atoms with Gasteiger partial charge < -0.3 is 14.8 Å². The largest absolute Gasteiger partial charge is 0.461 e. The predicted molar refractivity (Wildman–Crippen MR) is 116 cm³/mol. The Balaban J connectivity index is 1.52. The lowest BCUT2D eigenvalue weighted by Crippen LogP contribution is -2.34. The first kappa shape index (κ1) is 22.7. The Morgan fingerprint density at radius 3 is 2.10 bits per heavy atom. The number of nitrogens with one attached hydrogen (secondary N) is 1. The molecule has 3 rings (SSSR count). The molecule has 0 saturated carbocycles. The normalized spacial score (nSPS) is 16.5. The second-order valence-electron chi connectivity index (χ2n) is 7.79. The molecule has 1 heterocycles. The number of rotatable bonds is 11. The van der Waals surface area contributed by atoms with E-state index in [2.05, 4.69) is 5.32 Å². The molecule has 1 aliphatic rings. The van der Waals surface area contributed by atoms with Gasteiger partial charge in [0.25, 0.3) is 0 Å². The maximum absolute atomic E-state index is 12.7. The van der Waals surface area contributed by atoms with E-state index in [1.807, 2.05) is 60.7 Å². The highest BCUT2D eigenvalue weighted by molar-refractivity contribution is 5.88. The molecule has 2 atom stereocenters. The van der Waals surface area contributed by atoms with Crippen LogP contribution in [-0.4, -0.2) is 30.3 Å². The summed E-state index contributed by atoms with van der Waals surface area (Å²) in [6.45, 7) is 1.14. The molecule has 0 aliphatic carbocycles. The van der Waals surface area contributed by atoms with Crippen molar-refractivity contribution in [2.24, 2.45) is 5.92 Å². The molecule has 6 nitrogen and oxygen atoms in total. The van der Waals surface area contributed by atoms with Crippen molar-refractivity contribution >= 4 is 17.7 Å². The van der Waals surface area contributed by atoms with E-state index in [1.165, 1.54) is 0 Å². The third-order valence-electron chi connectivity index (χ3n) is 5.39. The lowest BCUT2D eigenvalue weighted by Gasteiger charge is -2.17. The summed E-state index contributed by atoms with van der Waals surface area (Å²) in [6, 6.07) is 18.6. The lowest BCUT2D eigenvalue weighted by atomic mass is 9.93. The number of carbonyl (C=O) groups excluding carboxylic acids is 3. The van der Waals surface area contributed by atoms with Crippen LogP contribution in [0.3, 0.4) is 0 Å². The van der Waals surface area contributed by atoms with Crippen molar-refractivity contribution in [2.75, 3.05) is 6.54 Å². The summed E-state index contributed by atoms with van der Waals surface area (Å²) in [5.74, 6) is -1.51. The van der Waals surface area contributed by atoms with Gasteiger partial charge in [-0.2, -0.15) is 0 Å². The quantitative estimate of drug-likeness (QED) is 0.557. The van der Waals surface area contributed by atoms with Gasteiger partial charge in [-0.1, -0.05) is 60.7 Å². The van der Waals surface area contributed by atoms with E-state index in [1.54, 1.807) is 0 Å². The van der Waals surface area contributed by atoms with Crippen LogP contribution in [0.25, 0.3) is 0 Å². The second kappa shape index (κ2) is 12.0. The zero-order valence-electron chi connectivity index (χ0n) is 17.6. The van der Waals surface area contributed by atoms with E-state index >= 15 is 0 Å². The zero-order chi connectivity index (χ0) is 21.9. The molecule has 2 aromatic rings. The van der Waals surface area contributed by atoms with Gasteiger partial charge in [-0.15, -0.1) is 0 Å². The Morgan fingerprint density at radius 2 is 1.52 bits per heavy atom. The van der Waals surface area contributed by atoms with Gasteiger partial charge in [0.15, 0.2) is 5.78 Å². The van der Waals surface area contributed by atoms with Crippen molar-refractivity contribution in [3.63, 3.8) is 0 Å². The number of hydrogen-bond acceptors (Lipinski definition) is 6. The summed E-state index contributed by atoms with van der Waals surface area (Å²) in [5.41, 5.74) is 1.78. The van der Waals surface area contributed by atoms with Crippen molar-refractivity contribution in [3.05, 3.63) is 71.8 Å². The maximum atomic E-state index is 12.7. The van der Waals surface area contributed by atoms with E-state index in [4.69, 9.17) is 9.47 Å². The van der Waals surface area contributed by atoms with Gasteiger partial charge in [0.1, 0.15) is 13.2 Å². The Labute approximate surface area is 182 Å². The average Bonchev–Trinajstić information content (AvgIpc) is 3.35. The number of Topliss-reactive ketones (excluding diaryl/α,β-unsaturated/α-hetero) is 1. The highest BCUT2D eigenvalue weighted by Gasteiger charge is 2.29. The minimum atomic E-state index is -0.664. The van der Waals surface area contributed by atoms with Crippen LogP contribution >= 0.6 is 0 Å². The fraction of sp³-hybridized carbons (Fsp3) is 0.400. The van der Waals surface area contributed by atoms with Crippen LogP contribution in [0.2, 0.25) is 0 Å². The third kappa shape index (κ3) is 7.64. The fourth-order valence-electron chi connectivity index (χ4n) is 3.60. The molecule has 1 N–H and O–H groups in total. The third-order valence-corrected chi connectivity index (χ3v) is 5.39. The van der Waals surface area contributed by atoms with Crippen LogP contribution in [0.4, 0.5) is 0 Å². The van der Waals surface area contributed by atoms with Gasteiger partial charge in [-0.3, -0.25) is 14.4 Å². The highest BCUT2D eigenvalue weighted by Crippen LogP contribution is 2.19. The molecule has 0 bridgehead atoms. The van der Waals surface area contributed by atoms with Crippen molar-refractivity contribution in [1.82, 2.24) is 5.32 Å². The molecular weight excluding hydrogens is 394 g/mol. The van der Waals surface area contributed by atoms with Gasteiger partial charge >= 0.3 is 11.9 Å². The van der Waals surface area contributed by atoms with Gasteiger partial charge in [0, 0.05) is 12.8 Å². The molecule has 6 heteroatoms. The van der Waals surface area contributed by atoms with Crippen LogP contribution in [-0.2, 0) is 37.1 Å². The first-order valence-electron chi connectivity index (χ1n) is 10.8. The van der Waals surface area contributed by atoms with Crippen LogP contribution < -0.4 is 5.32 Å². The Hall–Kier alpha value is -2.99. The van der Waals surface area contributed by atoms with Crippen molar-refractivity contribution in [1.29, 1.82) is 0 Å². The standard InChI is InChI=1S/C25H29NO5/c27-23(22-12-7-15-26-22)16-21(25(29)31-18-20-10-5-2-6-11-20)13-14-24(28)30-17-19-8-3-1-4-9-19/h1-6,8-11,21-22,26H,7,12-18H2/t21-,22+/m1/s1. The Kier molecular flexibility index (Phi) is 8.79. The van der Waals surface area contributed by atoms with E-state index in [9.17, 15) is 14.4 Å². The van der Waals surface area contributed by atoms with E-state index in [0.717, 1.165) is 30.5 Å². The van der Waals surface area contributed by atoms with E-state index in [0.29, 0.717) is 0 Å². The lowest BCUT2D eigenvalue weighted by molar-refractivity contribution is -0.153. The predicted octanol–water partition coefficient (Wildman–Crippen LogP) is 3.58. The van der Waals surface area contributed by atoms with Crippen molar-refractivity contribution < 1.29 is 23.9 Å². The van der Waals surface area contributed by atoms with Gasteiger partial charge in [-0.25, -0.2) is 0 Å². The zero-order valence-corrected chi connectivity index (χ0v) is 17.6. The molecule has 1 aliphatic heterocycles. The smallest absolute Gasteiger partial charge is 0.309 e. The summed E-state index contributed by atoms with van der Waals surface area (Å²) in [7, 11) is 0. The minimum absolute atomic E-state index is 0.00295. The molecule has 1 saturated heterocycles. The molecule has 164 valence electrons. The molecule has 2 aromatic carbocycles. The molecule has 0 radical (unpaired) electrons. The summed E-state index contributed by atoms with van der Waals surface area (Å²) in [6.07, 6.45) is 2.08. The minimum Gasteiger partial charge on any atom is -0.461 e. The number of benzene rings is 2. The highest BCUT2D eigenvalue weighted by atomic mass is 16.5. The van der Waals surface area contributed by atoms with Crippen molar-refractivity contribution in [3.8, 4) is 0 Å². The number of ether oxygens (including phenoxy) is 2. The number of hydrogen-bond donors (Lipinski definition) is 1. The van der Waals surface area contributed by atoms with Crippen LogP contribution in [0.5, 0.6) is 0 Å². The summed E-state index contributed by atoms with van der Waals surface area (Å²) in [4.78, 5) is 37.5. The number of carbonyl (C=O) groups is 3. The van der Waals surface area contributed by atoms with Crippen LogP contribution in [0.15, 0.2) is 60.7 Å². The molecule has 31 heavy (non-hydrogen) atoms. The van der Waals surface area contributed by atoms with Crippen LogP contribution in [0.1, 0.15) is 43.2 Å². The Bertz CT molecular complexity index is 847. The summed E-state index contributed by atoms with van der Waals surface area (Å²) < 4.78 is 10.8. The molecule has 1 fully saturated rings. The van der Waals surface area contributed by atoms with Gasteiger partial charge in [-0.05, 0) is 36.9 Å². The topological polar surface area (TPSA) is 81.7 Å². The summed E-state index contributed by atoms with van der Waals surface area (Å²) in [5, 5.41) is 3.17. The molecular formula is C25H29NO5. The second-order valence-corrected chi connectivity index (χ2v) is 7.79. The van der Waals surface area contributed by atoms with E-state index in [-0.39, 0.29) is 44.3 Å². The monoisotopic (exact) mass is 423 g/mol. The van der Waals surface area contributed by atoms with Crippen LogP contribution in [0, 0.1) is 5.92 Å². The van der Waals surface area contributed by atoms with Gasteiger partial charge in [0.05, 0.1) is 12.0 Å². The molecule has 0 unspecified atom stereocenters. The first-order chi connectivity index (χ1) is 15.1. The van der Waals surface area contributed by atoms with E-state index < -0.39 is 17.9 Å². The first-order valence-corrected chi connectivity index (χ1v) is 10.8. The maximum Gasteiger partial charge on any atom is 0.309 e. The van der Waals surface area contributed by atoms with Gasteiger partial charge in [0.2, 0.25) is 0 Å². The summed E-state index contributed by atoms with van der Waals surface area (Å²) >= 11 is 0. The van der Waals surface area contributed by atoms with Crippen molar-refractivity contribution in [2.45, 2.75) is 51.4 Å². The molecule has 0 aromatic heterocycles. The average molecular weight is 424 g/mol. The Morgan fingerprint density at radius 1 is 0.903 bits per heavy atom. The number of esters is 2. The SMILES string of the molecule is O=C(CC[C@H](CC(=O)[C@@H]1CCCN1)C(=O)OCc1ccccc1)OCc1ccccc1. The fourth-order valence-corrected chi connectivity index (χ4v) is 3.60. The molecule has 0 amide bonds. The molecule has 0 spiro atoms. The number of ketones is 1.